The van der Waals surface area contributed by atoms with Gasteiger partial charge in [0, 0.05) is 5.56 Å². The summed E-state index contributed by atoms with van der Waals surface area (Å²) in [4.78, 5) is 0. The van der Waals surface area contributed by atoms with Crippen LogP contribution in [0.15, 0.2) is 23.8 Å². The topological polar surface area (TPSA) is 40.5 Å². The van der Waals surface area contributed by atoms with Gasteiger partial charge in [-0.05, 0) is 74.5 Å². The number of hydrogen-bond donors (Lipinski definition) is 2. The third-order valence-corrected chi connectivity index (χ3v) is 7.11. The van der Waals surface area contributed by atoms with Crippen LogP contribution in [0, 0.1) is 24.2 Å². The number of aryl methyl sites for hydroxylation is 1. The van der Waals surface area contributed by atoms with Crippen molar-refractivity contribution in [2.45, 2.75) is 93.4 Å². The summed E-state index contributed by atoms with van der Waals surface area (Å²) in [5.41, 5.74) is 3.20. The molecule has 0 aliphatic heterocycles. The van der Waals surface area contributed by atoms with E-state index < -0.39 is 0 Å². The van der Waals surface area contributed by atoms with E-state index in [4.69, 9.17) is 0 Å². The molecule has 0 radical (unpaired) electrons. The van der Waals surface area contributed by atoms with E-state index in [0.29, 0.717) is 12.2 Å². The maximum absolute atomic E-state index is 10.3. The predicted molar refractivity (Wildman–Crippen MR) is 117 cm³/mol. The highest BCUT2D eigenvalue weighted by atomic mass is 16.3. The highest BCUT2D eigenvalue weighted by molar-refractivity contribution is 5.46. The van der Waals surface area contributed by atoms with Gasteiger partial charge in [0.2, 0.25) is 0 Å². The Hall–Kier alpha value is -1.44. The average molecular weight is 375 g/mol. The van der Waals surface area contributed by atoms with Crippen molar-refractivity contribution in [2.24, 2.45) is 17.3 Å². The second-order valence-corrected chi connectivity index (χ2v) is 8.60. The molecule has 0 amide bonds. The summed E-state index contributed by atoms with van der Waals surface area (Å²) in [6, 6.07) is 3.29. The van der Waals surface area contributed by atoms with Gasteiger partial charge in [-0.25, -0.2) is 0 Å². The van der Waals surface area contributed by atoms with Crippen LogP contribution in [0.25, 0.3) is 0 Å². The normalized spacial score (nSPS) is 15.0. The maximum atomic E-state index is 10.3. The Balaban J connectivity index is 2.87. The van der Waals surface area contributed by atoms with Crippen LogP contribution in [0.3, 0.4) is 0 Å². The molecule has 0 saturated carbocycles. The van der Waals surface area contributed by atoms with Gasteiger partial charge in [0.15, 0.2) is 0 Å². The van der Waals surface area contributed by atoms with E-state index in [0.717, 1.165) is 35.8 Å². The van der Waals surface area contributed by atoms with Crippen molar-refractivity contribution in [1.29, 1.82) is 0 Å². The van der Waals surface area contributed by atoms with Crippen LogP contribution >= 0.6 is 0 Å². The van der Waals surface area contributed by atoms with Crippen molar-refractivity contribution in [3.8, 4) is 11.5 Å². The number of phenols is 2. The molecule has 0 aliphatic carbocycles. The fourth-order valence-corrected chi connectivity index (χ4v) is 4.27. The Morgan fingerprint density at radius 1 is 1.07 bits per heavy atom. The molecule has 0 spiro atoms. The Morgan fingerprint density at radius 3 is 2.26 bits per heavy atom. The van der Waals surface area contributed by atoms with Crippen LogP contribution in [-0.2, 0) is 6.42 Å². The molecule has 2 unspecified atom stereocenters. The Bertz CT molecular complexity index is 611. The minimum Gasteiger partial charge on any atom is -0.508 e. The van der Waals surface area contributed by atoms with Gasteiger partial charge < -0.3 is 10.2 Å². The molecule has 0 heterocycles. The zero-order chi connectivity index (χ0) is 20.6. The highest BCUT2D eigenvalue weighted by Gasteiger charge is 2.28. The summed E-state index contributed by atoms with van der Waals surface area (Å²) in [6.07, 6.45) is 10.3. The largest absolute Gasteiger partial charge is 0.508 e. The van der Waals surface area contributed by atoms with Gasteiger partial charge >= 0.3 is 0 Å². The van der Waals surface area contributed by atoms with E-state index in [-0.39, 0.29) is 11.2 Å². The molecule has 1 aromatic rings. The lowest BCUT2D eigenvalue weighted by Crippen LogP contribution is -2.21. The third-order valence-electron chi connectivity index (χ3n) is 7.11. The molecule has 0 aliphatic rings. The average Bonchev–Trinajstić information content (AvgIpc) is 2.65. The van der Waals surface area contributed by atoms with E-state index in [1.54, 1.807) is 12.1 Å². The molecular formula is C25H42O2. The van der Waals surface area contributed by atoms with Crippen molar-refractivity contribution in [1.82, 2.24) is 0 Å². The number of hydrogen-bond acceptors (Lipinski definition) is 2. The first-order valence-corrected chi connectivity index (χ1v) is 10.9. The number of rotatable bonds is 11. The second-order valence-electron chi connectivity index (χ2n) is 8.60. The first-order chi connectivity index (χ1) is 12.7. The van der Waals surface area contributed by atoms with E-state index in [1.165, 1.54) is 31.3 Å². The van der Waals surface area contributed by atoms with Crippen LogP contribution in [0.2, 0.25) is 0 Å². The lowest BCUT2D eigenvalue weighted by molar-refractivity contribution is 0.264. The van der Waals surface area contributed by atoms with Crippen molar-refractivity contribution in [3.05, 3.63) is 34.9 Å². The van der Waals surface area contributed by atoms with Crippen molar-refractivity contribution < 1.29 is 10.2 Å². The van der Waals surface area contributed by atoms with Crippen LogP contribution < -0.4 is 0 Å². The van der Waals surface area contributed by atoms with Crippen LogP contribution in [0.5, 0.6) is 11.5 Å². The number of allylic oxidation sites excluding steroid dienone is 2. The molecule has 0 bridgehead atoms. The summed E-state index contributed by atoms with van der Waals surface area (Å²) >= 11 is 0. The Labute approximate surface area is 167 Å². The molecule has 0 aromatic heterocycles. The van der Waals surface area contributed by atoms with Crippen molar-refractivity contribution in [2.75, 3.05) is 0 Å². The van der Waals surface area contributed by atoms with Gasteiger partial charge in [-0.2, -0.15) is 0 Å². The predicted octanol–water partition coefficient (Wildman–Crippen LogP) is 7.55. The first kappa shape index (κ1) is 23.6. The summed E-state index contributed by atoms with van der Waals surface area (Å²) < 4.78 is 0. The lowest BCUT2D eigenvalue weighted by atomic mass is 9.71. The quantitative estimate of drug-likeness (QED) is 0.310. The Morgan fingerprint density at radius 2 is 1.70 bits per heavy atom. The van der Waals surface area contributed by atoms with Crippen molar-refractivity contribution >= 4 is 0 Å². The standard InChI is InChI=1S/C25H42O2/c1-8-18(4)19(5)12-11-15-25(9-2,10-3)21(7)13-14-22-17-23(26)16-20(6)24(22)27/h13,16-19,26-27H,8-12,14-15H2,1-7H3/b21-13+. The van der Waals surface area contributed by atoms with Gasteiger partial charge in [0.25, 0.3) is 0 Å². The molecule has 2 atom stereocenters. The summed E-state index contributed by atoms with van der Waals surface area (Å²) in [7, 11) is 0. The van der Waals surface area contributed by atoms with Crippen LogP contribution in [-0.4, -0.2) is 10.2 Å². The number of benzene rings is 1. The molecule has 154 valence electrons. The molecule has 0 fully saturated rings. The van der Waals surface area contributed by atoms with E-state index in [1.807, 2.05) is 6.92 Å². The van der Waals surface area contributed by atoms with Gasteiger partial charge in [0.1, 0.15) is 11.5 Å². The monoisotopic (exact) mass is 374 g/mol. The smallest absolute Gasteiger partial charge is 0.122 e. The molecule has 1 rings (SSSR count). The SMILES string of the molecule is CCC(C)C(C)CCCC(CC)(CC)/C(C)=C/Cc1cc(O)cc(C)c1O. The molecule has 27 heavy (non-hydrogen) atoms. The van der Waals surface area contributed by atoms with Crippen LogP contribution in [0.4, 0.5) is 0 Å². The fraction of sp³-hybridized carbons (Fsp3) is 0.680. The molecule has 2 nitrogen and oxygen atoms in total. The zero-order valence-corrected chi connectivity index (χ0v) is 18.7. The molecule has 0 saturated heterocycles. The van der Waals surface area contributed by atoms with Crippen LogP contribution in [0.1, 0.15) is 91.2 Å². The first-order valence-electron chi connectivity index (χ1n) is 10.9. The zero-order valence-electron chi connectivity index (χ0n) is 18.7. The lowest BCUT2D eigenvalue weighted by Gasteiger charge is -2.34. The maximum Gasteiger partial charge on any atom is 0.122 e. The van der Waals surface area contributed by atoms with Crippen molar-refractivity contribution in [3.63, 3.8) is 0 Å². The van der Waals surface area contributed by atoms with Gasteiger partial charge in [-0.15, -0.1) is 0 Å². The summed E-state index contributed by atoms with van der Waals surface area (Å²) in [6.45, 7) is 15.7. The van der Waals surface area contributed by atoms with E-state index in [2.05, 4.69) is 47.6 Å². The summed E-state index contributed by atoms with van der Waals surface area (Å²) in [5.74, 6) is 2.12. The second kappa shape index (κ2) is 10.8. The van der Waals surface area contributed by atoms with E-state index >= 15 is 0 Å². The summed E-state index contributed by atoms with van der Waals surface area (Å²) in [5, 5.41) is 20.1. The van der Waals surface area contributed by atoms with Gasteiger partial charge in [-0.1, -0.05) is 65.5 Å². The minimum absolute atomic E-state index is 0.225. The molecule has 1 aromatic carbocycles. The van der Waals surface area contributed by atoms with Gasteiger partial charge in [0.05, 0.1) is 0 Å². The number of aromatic hydroxyl groups is 2. The Kier molecular flexibility index (Phi) is 9.42. The third kappa shape index (κ3) is 6.30. The minimum atomic E-state index is 0.225. The van der Waals surface area contributed by atoms with Gasteiger partial charge in [-0.3, -0.25) is 0 Å². The highest BCUT2D eigenvalue weighted by Crippen LogP contribution is 2.41. The fourth-order valence-electron chi connectivity index (χ4n) is 4.27. The van der Waals surface area contributed by atoms with E-state index in [9.17, 15) is 10.2 Å². The molecule has 2 N–H and O–H groups in total. The molecular weight excluding hydrogens is 332 g/mol. The molecule has 2 heteroatoms. The number of phenolic OH excluding ortho intramolecular Hbond substituents is 2.